The van der Waals surface area contributed by atoms with Gasteiger partial charge < -0.3 is 5.32 Å². The molecular formula is C15H17BrN4. The molecule has 1 aliphatic carbocycles. The fourth-order valence-corrected chi connectivity index (χ4v) is 4.11. The maximum absolute atomic E-state index is 4.88. The number of fused-ring (bicyclic) bond motifs is 3. The molecule has 0 saturated heterocycles. The van der Waals surface area contributed by atoms with E-state index in [0.29, 0.717) is 6.04 Å². The Labute approximate surface area is 126 Å². The van der Waals surface area contributed by atoms with E-state index in [2.05, 4.69) is 30.9 Å². The third-order valence-corrected chi connectivity index (χ3v) is 5.27. The van der Waals surface area contributed by atoms with Crippen LogP contribution in [0.25, 0.3) is 11.3 Å². The molecule has 20 heavy (non-hydrogen) atoms. The van der Waals surface area contributed by atoms with Crippen molar-refractivity contribution < 1.29 is 0 Å². The summed E-state index contributed by atoms with van der Waals surface area (Å²) < 4.78 is 3.29. The van der Waals surface area contributed by atoms with Crippen LogP contribution in [0.15, 0.2) is 29.0 Å². The molecule has 0 amide bonds. The van der Waals surface area contributed by atoms with Crippen LogP contribution in [0.5, 0.6) is 0 Å². The number of anilines is 1. The highest BCUT2D eigenvalue weighted by Crippen LogP contribution is 2.43. The first-order valence-corrected chi connectivity index (χ1v) is 8.06. The van der Waals surface area contributed by atoms with Gasteiger partial charge in [-0.05, 0) is 46.8 Å². The summed E-state index contributed by atoms with van der Waals surface area (Å²) in [5, 5.41) is 8.44. The molecule has 1 saturated carbocycles. The van der Waals surface area contributed by atoms with Crippen molar-refractivity contribution in [3.63, 3.8) is 0 Å². The van der Waals surface area contributed by atoms with Gasteiger partial charge in [0.2, 0.25) is 0 Å². The van der Waals surface area contributed by atoms with Gasteiger partial charge in [-0.1, -0.05) is 12.8 Å². The molecule has 0 spiro atoms. The quantitative estimate of drug-likeness (QED) is 0.862. The van der Waals surface area contributed by atoms with Gasteiger partial charge in [-0.15, -0.1) is 0 Å². The molecule has 2 aliphatic rings. The van der Waals surface area contributed by atoms with Crippen molar-refractivity contribution in [2.24, 2.45) is 5.92 Å². The van der Waals surface area contributed by atoms with E-state index in [-0.39, 0.29) is 0 Å². The molecule has 2 unspecified atom stereocenters. The largest absolute Gasteiger partial charge is 0.369 e. The Kier molecular flexibility index (Phi) is 3.02. The minimum absolute atomic E-state index is 0.562. The number of hydrogen-bond acceptors (Lipinski definition) is 3. The average Bonchev–Trinajstić information content (AvgIpc) is 2.86. The fourth-order valence-electron chi connectivity index (χ4n) is 3.48. The molecule has 1 aliphatic heterocycles. The van der Waals surface area contributed by atoms with E-state index in [1.54, 1.807) is 0 Å². The van der Waals surface area contributed by atoms with Crippen molar-refractivity contribution in [2.45, 2.75) is 31.7 Å². The lowest BCUT2D eigenvalue weighted by atomic mass is 9.83. The van der Waals surface area contributed by atoms with E-state index in [9.17, 15) is 0 Å². The number of hydrogen-bond donors (Lipinski definition) is 1. The van der Waals surface area contributed by atoms with E-state index in [1.165, 1.54) is 25.7 Å². The van der Waals surface area contributed by atoms with Gasteiger partial charge in [0.05, 0.1) is 10.5 Å². The lowest BCUT2D eigenvalue weighted by molar-refractivity contribution is 0.222. The van der Waals surface area contributed by atoms with Gasteiger partial charge >= 0.3 is 0 Å². The Morgan fingerprint density at radius 3 is 2.85 bits per heavy atom. The minimum Gasteiger partial charge on any atom is -0.369 e. The first-order chi connectivity index (χ1) is 9.84. The molecule has 4 nitrogen and oxygen atoms in total. The number of halogens is 1. The predicted octanol–water partition coefficient (Wildman–Crippen LogP) is 3.86. The van der Waals surface area contributed by atoms with E-state index in [1.807, 2.05) is 24.5 Å². The molecule has 1 fully saturated rings. The maximum Gasteiger partial charge on any atom is 0.139 e. The topological polar surface area (TPSA) is 42.7 Å². The molecule has 0 aromatic carbocycles. The van der Waals surface area contributed by atoms with Crippen LogP contribution in [0.4, 0.5) is 5.82 Å². The zero-order valence-corrected chi connectivity index (χ0v) is 12.8. The van der Waals surface area contributed by atoms with Gasteiger partial charge in [0.25, 0.3) is 0 Å². The fraction of sp³-hybridized carbons (Fsp3) is 0.467. The second-order valence-corrected chi connectivity index (χ2v) is 6.48. The molecular weight excluding hydrogens is 316 g/mol. The normalized spacial score (nSPS) is 24.6. The highest BCUT2D eigenvalue weighted by Gasteiger charge is 2.34. The summed E-state index contributed by atoms with van der Waals surface area (Å²) in [5.41, 5.74) is 2.13. The Bertz CT molecular complexity index is 622. The summed E-state index contributed by atoms with van der Waals surface area (Å²) in [5.74, 6) is 1.87. The van der Waals surface area contributed by atoms with Crippen molar-refractivity contribution in [1.82, 2.24) is 14.8 Å². The summed E-state index contributed by atoms with van der Waals surface area (Å²) in [4.78, 5) is 4.08. The van der Waals surface area contributed by atoms with E-state index in [0.717, 1.165) is 34.0 Å². The number of pyridine rings is 1. The summed E-state index contributed by atoms with van der Waals surface area (Å²) >= 11 is 3.72. The van der Waals surface area contributed by atoms with Gasteiger partial charge in [-0.3, -0.25) is 4.98 Å². The van der Waals surface area contributed by atoms with Crippen LogP contribution < -0.4 is 5.32 Å². The number of nitrogens with zero attached hydrogens (tertiary/aromatic N) is 3. The summed E-state index contributed by atoms with van der Waals surface area (Å²) in [6, 6.07) is 4.58. The first-order valence-electron chi connectivity index (χ1n) is 7.27. The van der Waals surface area contributed by atoms with Crippen molar-refractivity contribution in [3.05, 3.63) is 29.0 Å². The molecule has 4 rings (SSSR count). The summed E-state index contributed by atoms with van der Waals surface area (Å²) in [7, 11) is 0. The van der Waals surface area contributed by atoms with Gasteiger partial charge in [0.15, 0.2) is 0 Å². The van der Waals surface area contributed by atoms with Crippen molar-refractivity contribution >= 4 is 21.7 Å². The third kappa shape index (κ3) is 1.87. The SMILES string of the molecule is Brc1c(-c2ccncc2)nn2c1NCC1CCCCC12. The minimum atomic E-state index is 0.562. The van der Waals surface area contributed by atoms with Crippen molar-refractivity contribution in [3.8, 4) is 11.3 Å². The second kappa shape index (κ2) is 4.88. The van der Waals surface area contributed by atoms with Crippen LogP contribution in [0.1, 0.15) is 31.7 Å². The summed E-state index contributed by atoms with van der Waals surface area (Å²) in [6.45, 7) is 1.07. The smallest absolute Gasteiger partial charge is 0.139 e. The van der Waals surface area contributed by atoms with Gasteiger partial charge in [0.1, 0.15) is 11.5 Å². The van der Waals surface area contributed by atoms with Crippen LogP contribution in [0, 0.1) is 5.92 Å². The Hall–Kier alpha value is -1.36. The molecule has 5 heteroatoms. The third-order valence-electron chi connectivity index (χ3n) is 4.52. The Balaban J connectivity index is 1.80. The Morgan fingerprint density at radius 2 is 2.00 bits per heavy atom. The Morgan fingerprint density at radius 1 is 1.20 bits per heavy atom. The van der Waals surface area contributed by atoms with Crippen molar-refractivity contribution in [2.75, 3.05) is 11.9 Å². The highest BCUT2D eigenvalue weighted by molar-refractivity contribution is 9.10. The number of rotatable bonds is 1. The van der Waals surface area contributed by atoms with Gasteiger partial charge in [-0.25, -0.2) is 4.68 Å². The van der Waals surface area contributed by atoms with E-state index < -0.39 is 0 Å². The molecule has 104 valence electrons. The molecule has 3 heterocycles. The van der Waals surface area contributed by atoms with Crippen LogP contribution in [0.3, 0.4) is 0 Å². The molecule has 1 N–H and O–H groups in total. The monoisotopic (exact) mass is 332 g/mol. The summed E-state index contributed by atoms with van der Waals surface area (Å²) in [6.07, 6.45) is 8.89. The lowest BCUT2D eigenvalue weighted by Gasteiger charge is -2.37. The molecule has 0 bridgehead atoms. The van der Waals surface area contributed by atoms with Crippen LogP contribution in [-0.2, 0) is 0 Å². The van der Waals surface area contributed by atoms with Crippen molar-refractivity contribution in [1.29, 1.82) is 0 Å². The lowest BCUT2D eigenvalue weighted by Crippen LogP contribution is -2.35. The predicted molar refractivity (Wildman–Crippen MR) is 82.6 cm³/mol. The molecule has 2 aromatic heterocycles. The average molecular weight is 333 g/mol. The van der Waals surface area contributed by atoms with E-state index in [4.69, 9.17) is 5.10 Å². The van der Waals surface area contributed by atoms with Crippen LogP contribution >= 0.6 is 15.9 Å². The number of nitrogens with one attached hydrogen (secondary N) is 1. The van der Waals surface area contributed by atoms with Gasteiger partial charge in [-0.2, -0.15) is 5.10 Å². The number of aromatic nitrogens is 3. The van der Waals surface area contributed by atoms with Crippen LogP contribution in [-0.4, -0.2) is 21.3 Å². The zero-order valence-electron chi connectivity index (χ0n) is 11.2. The highest BCUT2D eigenvalue weighted by atomic mass is 79.9. The molecule has 0 radical (unpaired) electrons. The maximum atomic E-state index is 4.88. The zero-order chi connectivity index (χ0) is 13.5. The van der Waals surface area contributed by atoms with Gasteiger partial charge in [0, 0.05) is 24.5 Å². The molecule has 2 atom stereocenters. The second-order valence-electron chi connectivity index (χ2n) is 5.68. The van der Waals surface area contributed by atoms with Crippen LogP contribution in [0.2, 0.25) is 0 Å². The molecule has 2 aromatic rings. The van der Waals surface area contributed by atoms with E-state index >= 15 is 0 Å². The standard InChI is InChI=1S/C15H17BrN4/c16-13-14(10-5-7-17-8-6-10)19-20-12-4-2-1-3-11(12)9-18-15(13)20/h5-8,11-12,18H,1-4,9H2. The first kappa shape index (κ1) is 12.4.